The van der Waals surface area contributed by atoms with Gasteiger partial charge in [-0.15, -0.1) is 0 Å². The van der Waals surface area contributed by atoms with E-state index in [0.29, 0.717) is 0 Å². The van der Waals surface area contributed by atoms with Crippen LogP contribution in [0, 0.1) is 0 Å². The SMILES string of the molecule is COc1ccc(Cc2ccc(OC)c(Cc3ccc(OC)c(Cc4ccc(OC)cc4)c3)c2)cc1. The summed E-state index contributed by atoms with van der Waals surface area (Å²) in [4.78, 5) is 0. The molecule has 0 bridgehead atoms. The molecule has 0 aliphatic heterocycles. The molecule has 4 aromatic rings. The summed E-state index contributed by atoms with van der Waals surface area (Å²) in [5, 5.41) is 0. The van der Waals surface area contributed by atoms with Crippen molar-refractivity contribution >= 4 is 0 Å². The Labute approximate surface area is 208 Å². The van der Waals surface area contributed by atoms with Crippen LogP contribution in [0.5, 0.6) is 23.0 Å². The molecule has 4 aromatic carbocycles. The molecule has 0 spiro atoms. The van der Waals surface area contributed by atoms with E-state index in [0.717, 1.165) is 47.8 Å². The first-order valence-electron chi connectivity index (χ1n) is 11.7. The van der Waals surface area contributed by atoms with Gasteiger partial charge in [-0.2, -0.15) is 0 Å². The van der Waals surface area contributed by atoms with Crippen LogP contribution in [0.4, 0.5) is 0 Å². The van der Waals surface area contributed by atoms with Crippen molar-refractivity contribution in [2.75, 3.05) is 28.4 Å². The summed E-state index contributed by atoms with van der Waals surface area (Å²) in [7, 11) is 6.82. The van der Waals surface area contributed by atoms with E-state index in [1.807, 2.05) is 24.3 Å². The molecule has 0 heterocycles. The summed E-state index contributed by atoms with van der Waals surface area (Å²) in [5.74, 6) is 3.52. The lowest BCUT2D eigenvalue weighted by Gasteiger charge is -2.14. The first kappa shape index (κ1) is 24.2. The van der Waals surface area contributed by atoms with Crippen molar-refractivity contribution in [2.45, 2.75) is 19.3 Å². The third-order valence-electron chi connectivity index (χ3n) is 6.21. The first-order chi connectivity index (χ1) is 17.1. The molecule has 180 valence electrons. The minimum absolute atomic E-state index is 0.777. The molecule has 0 aliphatic rings. The number of methoxy groups -OCH3 is 4. The van der Waals surface area contributed by atoms with Crippen molar-refractivity contribution in [3.63, 3.8) is 0 Å². The fraction of sp³-hybridized carbons (Fsp3) is 0.226. The summed E-state index contributed by atoms with van der Waals surface area (Å²) in [6.07, 6.45) is 2.42. The highest BCUT2D eigenvalue weighted by Gasteiger charge is 2.11. The highest BCUT2D eigenvalue weighted by atomic mass is 16.5. The van der Waals surface area contributed by atoms with E-state index in [1.165, 1.54) is 27.8 Å². The van der Waals surface area contributed by atoms with Gasteiger partial charge >= 0.3 is 0 Å². The molecule has 0 saturated carbocycles. The fourth-order valence-electron chi connectivity index (χ4n) is 4.32. The molecule has 0 saturated heterocycles. The second kappa shape index (κ2) is 11.5. The molecular formula is C31H32O4. The van der Waals surface area contributed by atoms with Crippen molar-refractivity contribution in [1.82, 2.24) is 0 Å². The minimum Gasteiger partial charge on any atom is -0.497 e. The molecule has 0 N–H and O–H groups in total. The predicted molar refractivity (Wildman–Crippen MR) is 140 cm³/mol. The number of ether oxygens (including phenoxy) is 4. The minimum atomic E-state index is 0.777. The molecule has 0 aliphatic carbocycles. The largest absolute Gasteiger partial charge is 0.497 e. The molecule has 4 rings (SSSR count). The zero-order valence-electron chi connectivity index (χ0n) is 20.8. The number of rotatable bonds is 10. The van der Waals surface area contributed by atoms with E-state index >= 15 is 0 Å². The van der Waals surface area contributed by atoms with Gasteiger partial charge in [0.15, 0.2) is 0 Å². The van der Waals surface area contributed by atoms with Gasteiger partial charge < -0.3 is 18.9 Å². The van der Waals surface area contributed by atoms with Crippen molar-refractivity contribution < 1.29 is 18.9 Å². The Kier molecular flexibility index (Phi) is 7.94. The summed E-state index contributed by atoms with van der Waals surface area (Å²) in [6.45, 7) is 0. The smallest absolute Gasteiger partial charge is 0.122 e. The standard InChI is InChI=1S/C31H32O4/c1-32-28-11-5-22(6-12-28)17-24-9-15-31(35-4)27(19-24)21-25-10-16-30(34-3)26(20-25)18-23-7-13-29(33-2)14-8-23/h5-16,19-20H,17-18,21H2,1-4H3. The quantitative estimate of drug-likeness (QED) is 0.266. The molecule has 0 unspecified atom stereocenters. The monoisotopic (exact) mass is 468 g/mol. The van der Waals surface area contributed by atoms with E-state index in [1.54, 1.807) is 28.4 Å². The molecule has 0 amide bonds. The molecule has 4 nitrogen and oxygen atoms in total. The van der Waals surface area contributed by atoms with Gasteiger partial charge in [-0.1, -0.05) is 48.5 Å². The topological polar surface area (TPSA) is 36.9 Å². The second-order valence-corrected chi connectivity index (χ2v) is 8.52. The molecule has 35 heavy (non-hydrogen) atoms. The van der Waals surface area contributed by atoms with Crippen LogP contribution in [0.3, 0.4) is 0 Å². The maximum atomic E-state index is 5.69. The molecular weight excluding hydrogens is 436 g/mol. The Bertz CT molecular complexity index is 1240. The van der Waals surface area contributed by atoms with Gasteiger partial charge in [0.2, 0.25) is 0 Å². The van der Waals surface area contributed by atoms with Crippen molar-refractivity contribution in [3.8, 4) is 23.0 Å². The molecule has 0 aromatic heterocycles. The summed E-state index contributed by atoms with van der Waals surface area (Å²) >= 11 is 0. The first-order valence-corrected chi connectivity index (χ1v) is 11.7. The molecule has 0 fully saturated rings. The van der Waals surface area contributed by atoms with E-state index in [-0.39, 0.29) is 0 Å². The normalized spacial score (nSPS) is 10.6. The highest BCUT2D eigenvalue weighted by molar-refractivity contribution is 5.46. The van der Waals surface area contributed by atoms with Crippen molar-refractivity contribution in [3.05, 3.63) is 118 Å². The number of benzene rings is 4. The lowest BCUT2D eigenvalue weighted by Crippen LogP contribution is -1.99. The number of hydrogen-bond donors (Lipinski definition) is 0. The van der Waals surface area contributed by atoms with Crippen LogP contribution in [0.1, 0.15) is 33.4 Å². The lowest BCUT2D eigenvalue weighted by atomic mass is 9.96. The highest BCUT2D eigenvalue weighted by Crippen LogP contribution is 2.28. The molecule has 0 radical (unpaired) electrons. The van der Waals surface area contributed by atoms with Crippen LogP contribution < -0.4 is 18.9 Å². The second-order valence-electron chi connectivity index (χ2n) is 8.52. The maximum absolute atomic E-state index is 5.69. The Morgan fingerprint density at radius 2 is 0.771 bits per heavy atom. The zero-order valence-corrected chi connectivity index (χ0v) is 20.8. The van der Waals surface area contributed by atoms with Gasteiger partial charge in [0.1, 0.15) is 23.0 Å². The third kappa shape index (κ3) is 6.15. The van der Waals surface area contributed by atoms with Crippen LogP contribution in [0.2, 0.25) is 0 Å². The Hall–Kier alpha value is -3.92. The third-order valence-corrected chi connectivity index (χ3v) is 6.21. The van der Waals surface area contributed by atoms with Crippen molar-refractivity contribution in [1.29, 1.82) is 0 Å². The van der Waals surface area contributed by atoms with Crippen molar-refractivity contribution in [2.24, 2.45) is 0 Å². The van der Waals surface area contributed by atoms with Crippen LogP contribution >= 0.6 is 0 Å². The maximum Gasteiger partial charge on any atom is 0.122 e. The molecule has 0 atom stereocenters. The Morgan fingerprint density at radius 1 is 0.400 bits per heavy atom. The van der Waals surface area contributed by atoms with Crippen LogP contribution in [0.15, 0.2) is 84.9 Å². The van der Waals surface area contributed by atoms with E-state index in [9.17, 15) is 0 Å². The van der Waals surface area contributed by atoms with E-state index in [2.05, 4.69) is 60.7 Å². The van der Waals surface area contributed by atoms with Crippen LogP contribution in [-0.4, -0.2) is 28.4 Å². The fourth-order valence-corrected chi connectivity index (χ4v) is 4.32. The summed E-state index contributed by atoms with van der Waals surface area (Å²) in [6, 6.07) is 29.3. The zero-order chi connectivity index (χ0) is 24.6. The predicted octanol–water partition coefficient (Wildman–Crippen LogP) is 6.49. The van der Waals surface area contributed by atoms with Crippen LogP contribution in [0.25, 0.3) is 0 Å². The average Bonchev–Trinajstić information content (AvgIpc) is 2.90. The Balaban J connectivity index is 1.56. The summed E-state index contributed by atoms with van der Waals surface area (Å²) < 4.78 is 21.9. The molecule has 4 heteroatoms. The Morgan fingerprint density at radius 3 is 1.20 bits per heavy atom. The average molecular weight is 469 g/mol. The van der Waals surface area contributed by atoms with E-state index in [4.69, 9.17) is 18.9 Å². The van der Waals surface area contributed by atoms with E-state index < -0.39 is 0 Å². The van der Waals surface area contributed by atoms with Gasteiger partial charge in [0.05, 0.1) is 28.4 Å². The van der Waals surface area contributed by atoms with Gasteiger partial charge in [-0.05, 0) is 76.2 Å². The van der Waals surface area contributed by atoms with Gasteiger partial charge in [0, 0.05) is 12.8 Å². The summed E-state index contributed by atoms with van der Waals surface area (Å²) in [5.41, 5.74) is 7.24. The van der Waals surface area contributed by atoms with Gasteiger partial charge in [-0.25, -0.2) is 0 Å². The van der Waals surface area contributed by atoms with Gasteiger partial charge in [-0.3, -0.25) is 0 Å². The lowest BCUT2D eigenvalue weighted by molar-refractivity contribution is 0.409. The van der Waals surface area contributed by atoms with Gasteiger partial charge in [0.25, 0.3) is 0 Å². The number of hydrogen-bond acceptors (Lipinski definition) is 4. The van der Waals surface area contributed by atoms with Crippen LogP contribution in [-0.2, 0) is 19.3 Å².